The van der Waals surface area contributed by atoms with Gasteiger partial charge in [-0.15, -0.1) is 0 Å². The van der Waals surface area contributed by atoms with Gasteiger partial charge in [0.2, 0.25) is 0 Å². The highest BCUT2D eigenvalue weighted by Gasteiger charge is 2.08. The Hall–Kier alpha value is -1.81. The number of ether oxygens (including phenoxy) is 1. The van der Waals surface area contributed by atoms with Crippen molar-refractivity contribution in [2.45, 2.75) is 39.2 Å². The number of fused-ring (bicyclic) bond motifs is 1. The molecule has 0 atom stereocenters. The molecule has 21 heavy (non-hydrogen) atoms. The third-order valence-electron chi connectivity index (χ3n) is 3.53. The highest BCUT2D eigenvalue weighted by molar-refractivity contribution is 5.84. The molecule has 1 N–H and O–H groups in total. The third-order valence-corrected chi connectivity index (χ3v) is 3.53. The van der Waals surface area contributed by atoms with Crippen molar-refractivity contribution in [3.05, 3.63) is 36.0 Å². The first-order chi connectivity index (χ1) is 10.2. The molecule has 4 heteroatoms. The zero-order valence-electron chi connectivity index (χ0n) is 12.5. The molecule has 0 spiro atoms. The van der Waals surface area contributed by atoms with Crippen molar-refractivity contribution in [3.8, 4) is 0 Å². The van der Waals surface area contributed by atoms with Crippen LogP contribution in [-0.4, -0.2) is 28.9 Å². The first-order valence-corrected chi connectivity index (χ1v) is 7.58. The molecule has 0 bridgehead atoms. The van der Waals surface area contributed by atoms with Gasteiger partial charge in [0, 0.05) is 36.7 Å². The van der Waals surface area contributed by atoms with E-state index >= 15 is 0 Å². The summed E-state index contributed by atoms with van der Waals surface area (Å²) in [6, 6.07) is 8.28. The smallest absolute Gasteiger partial charge is 0.303 e. The van der Waals surface area contributed by atoms with Gasteiger partial charge < -0.3 is 14.4 Å². The van der Waals surface area contributed by atoms with Crippen molar-refractivity contribution in [3.63, 3.8) is 0 Å². The van der Waals surface area contributed by atoms with E-state index in [2.05, 4.69) is 29.8 Å². The lowest BCUT2D eigenvalue weighted by atomic mass is 10.1. The summed E-state index contributed by atoms with van der Waals surface area (Å²) < 4.78 is 7.77. The second-order valence-electron chi connectivity index (χ2n) is 5.22. The van der Waals surface area contributed by atoms with Gasteiger partial charge in [-0.1, -0.05) is 25.1 Å². The van der Waals surface area contributed by atoms with Gasteiger partial charge >= 0.3 is 5.97 Å². The van der Waals surface area contributed by atoms with E-state index in [0.717, 1.165) is 26.0 Å². The minimum atomic E-state index is -0.730. The largest absolute Gasteiger partial charge is 0.481 e. The van der Waals surface area contributed by atoms with E-state index < -0.39 is 5.97 Å². The Morgan fingerprint density at radius 3 is 2.86 bits per heavy atom. The Bertz CT molecular complexity index is 589. The zero-order valence-corrected chi connectivity index (χ0v) is 12.5. The lowest BCUT2D eigenvalue weighted by molar-refractivity contribution is -0.137. The molecule has 1 aromatic carbocycles. The van der Waals surface area contributed by atoms with Gasteiger partial charge in [-0.05, 0) is 30.9 Å². The number of aromatic nitrogens is 1. The molecule has 0 saturated heterocycles. The van der Waals surface area contributed by atoms with Crippen LogP contribution in [0.2, 0.25) is 0 Å². The number of aryl methyl sites for hydroxylation is 1. The predicted octanol–water partition coefficient (Wildman–Crippen LogP) is 3.48. The van der Waals surface area contributed by atoms with Gasteiger partial charge in [-0.3, -0.25) is 4.79 Å². The van der Waals surface area contributed by atoms with Crippen LogP contribution >= 0.6 is 0 Å². The number of hydrogen-bond donors (Lipinski definition) is 1. The maximum Gasteiger partial charge on any atom is 0.303 e. The number of para-hydroxylation sites is 1. The van der Waals surface area contributed by atoms with Crippen LogP contribution in [0.15, 0.2) is 30.5 Å². The topological polar surface area (TPSA) is 51.5 Å². The van der Waals surface area contributed by atoms with Crippen molar-refractivity contribution in [1.82, 2.24) is 4.57 Å². The molecule has 0 amide bonds. The second-order valence-corrected chi connectivity index (χ2v) is 5.22. The molecule has 1 heterocycles. The summed E-state index contributed by atoms with van der Waals surface area (Å²) in [4.78, 5) is 10.6. The number of carboxylic acid groups (broad SMARTS) is 1. The fraction of sp³-hybridized carbons (Fsp3) is 0.471. The normalized spacial score (nSPS) is 11.1. The molecule has 114 valence electrons. The van der Waals surface area contributed by atoms with Crippen LogP contribution in [0.3, 0.4) is 0 Å². The quantitative estimate of drug-likeness (QED) is 0.719. The van der Waals surface area contributed by atoms with Crippen LogP contribution in [0, 0.1) is 0 Å². The van der Waals surface area contributed by atoms with Crippen LogP contribution < -0.4 is 0 Å². The Labute approximate surface area is 125 Å². The number of nitrogens with zero attached hydrogens (tertiary/aromatic N) is 1. The number of hydrogen-bond acceptors (Lipinski definition) is 2. The molecule has 0 fully saturated rings. The van der Waals surface area contributed by atoms with Gasteiger partial charge in [0.25, 0.3) is 0 Å². The molecule has 0 aliphatic heterocycles. The van der Waals surface area contributed by atoms with E-state index in [1.807, 2.05) is 12.1 Å². The van der Waals surface area contributed by atoms with Gasteiger partial charge in [-0.25, -0.2) is 0 Å². The van der Waals surface area contributed by atoms with Gasteiger partial charge in [-0.2, -0.15) is 0 Å². The molecule has 1 aromatic heterocycles. The Morgan fingerprint density at radius 1 is 1.29 bits per heavy atom. The summed E-state index contributed by atoms with van der Waals surface area (Å²) >= 11 is 0. The van der Waals surface area contributed by atoms with Gasteiger partial charge in [0.05, 0.1) is 6.61 Å². The predicted molar refractivity (Wildman–Crippen MR) is 83.6 cm³/mol. The molecule has 2 aromatic rings. The summed E-state index contributed by atoms with van der Waals surface area (Å²) in [5.74, 6) is -0.730. The van der Waals surface area contributed by atoms with E-state index in [0.29, 0.717) is 13.0 Å². The van der Waals surface area contributed by atoms with Crippen LogP contribution in [0.1, 0.15) is 31.7 Å². The van der Waals surface area contributed by atoms with E-state index in [9.17, 15) is 4.79 Å². The van der Waals surface area contributed by atoms with Crippen molar-refractivity contribution < 1.29 is 14.6 Å². The number of carbonyl (C=O) groups is 1. The Kier molecular flexibility index (Phi) is 5.81. The van der Waals surface area contributed by atoms with Crippen molar-refractivity contribution >= 4 is 16.9 Å². The summed E-state index contributed by atoms with van der Waals surface area (Å²) in [5, 5.41) is 9.98. The fourth-order valence-electron chi connectivity index (χ4n) is 2.55. The Balaban J connectivity index is 2.08. The number of carboxylic acids is 1. The molecule has 0 unspecified atom stereocenters. The SMILES string of the molecule is CCCOCCn1cc(CCCC(=O)O)c2ccccc21. The van der Waals surface area contributed by atoms with Crippen LogP contribution in [0.4, 0.5) is 0 Å². The van der Waals surface area contributed by atoms with Crippen LogP contribution in [-0.2, 0) is 22.5 Å². The molecule has 0 aliphatic rings. The molecular weight excluding hydrogens is 266 g/mol. The first-order valence-electron chi connectivity index (χ1n) is 7.58. The number of benzene rings is 1. The highest BCUT2D eigenvalue weighted by Crippen LogP contribution is 2.22. The van der Waals surface area contributed by atoms with E-state index in [1.165, 1.54) is 16.5 Å². The van der Waals surface area contributed by atoms with Gasteiger partial charge in [0.1, 0.15) is 0 Å². The maximum absolute atomic E-state index is 10.6. The monoisotopic (exact) mass is 289 g/mol. The zero-order chi connectivity index (χ0) is 15.1. The number of aliphatic carboxylic acids is 1. The van der Waals surface area contributed by atoms with Crippen molar-refractivity contribution in [2.24, 2.45) is 0 Å². The maximum atomic E-state index is 10.6. The molecule has 0 radical (unpaired) electrons. The lowest BCUT2D eigenvalue weighted by Crippen LogP contribution is -2.05. The standard InChI is InChI=1S/C17H23NO3/c1-2-11-21-12-10-18-13-14(6-5-9-17(19)20)15-7-3-4-8-16(15)18/h3-4,7-8,13H,2,5-6,9-12H2,1H3,(H,19,20). The summed E-state index contributed by atoms with van der Waals surface area (Å²) in [5.41, 5.74) is 2.42. The Morgan fingerprint density at radius 2 is 2.10 bits per heavy atom. The lowest BCUT2D eigenvalue weighted by Gasteiger charge is -2.05. The molecular formula is C17H23NO3. The third kappa shape index (κ3) is 4.33. The van der Waals surface area contributed by atoms with E-state index in [4.69, 9.17) is 9.84 Å². The average molecular weight is 289 g/mol. The average Bonchev–Trinajstić information content (AvgIpc) is 2.82. The molecule has 0 saturated carbocycles. The summed E-state index contributed by atoms with van der Waals surface area (Å²) in [6.07, 6.45) is 4.87. The molecule has 4 nitrogen and oxygen atoms in total. The van der Waals surface area contributed by atoms with Gasteiger partial charge in [0.15, 0.2) is 0 Å². The first kappa shape index (κ1) is 15.6. The van der Waals surface area contributed by atoms with Crippen LogP contribution in [0.5, 0.6) is 0 Å². The fourth-order valence-corrected chi connectivity index (χ4v) is 2.55. The summed E-state index contributed by atoms with van der Waals surface area (Å²) in [6.45, 7) is 4.44. The second kappa shape index (κ2) is 7.84. The number of rotatable bonds is 9. The van der Waals surface area contributed by atoms with E-state index in [1.54, 1.807) is 0 Å². The minimum Gasteiger partial charge on any atom is -0.481 e. The molecule has 0 aliphatic carbocycles. The van der Waals surface area contributed by atoms with Crippen molar-refractivity contribution in [2.75, 3.05) is 13.2 Å². The van der Waals surface area contributed by atoms with Crippen molar-refractivity contribution in [1.29, 1.82) is 0 Å². The molecule has 2 rings (SSSR count). The highest BCUT2D eigenvalue weighted by atomic mass is 16.5. The van der Waals surface area contributed by atoms with E-state index in [-0.39, 0.29) is 6.42 Å². The minimum absolute atomic E-state index is 0.221. The van der Waals surface area contributed by atoms with Crippen LogP contribution in [0.25, 0.3) is 10.9 Å². The summed E-state index contributed by atoms with van der Waals surface area (Å²) in [7, 11) is 0.